The van der Waals surface area contributed by atoms with Crippen LogP contribution in [0.1, 0.15) is 63.4 Å². The van der Waals surface area contributed by atoms with Crippen molar-refractivity contribution in [2.24, 2.45) is 5.92 Å². The molecular formula is C80H54N2. The molecule has 11 aromatic carbocycles. The summed E-state index contributed by atoms with van der Waals surface area (Å²) in [5, 5.41) is 7.76. The van der Waals surface area contributed by atoms with Crippen LogP contribution < -0.4 is 0 Å². The minimum absolute atomic E-state index is 0.00751. The van der Waals surface area contributed by atoms with E-state index in [1.165, 1.54) is 154 Å². The van der Waals surface area contributed by atoms with Crippen LogP contribution in [0.5, 0.6) is 0 Å². The number of hydrogen-bond donors (Lipinski definition) is 0. The normalized spacial score (nSPS) is 17.4. The average Bonchev–Trinajstić information content (AvgIpc) is 2.13. The van der Waals surface area contributed by atoms with Crippen LogP contribution in [0.25, 0.3) is 110 Å². The lowest BCUT2D eigenvalue weighted by atomic mass is 9.63. The molecule has 2 nitrogen and oxygen atoms in total. The molecule has 3 unspecified atom stereocenters. The molecule has 14 aromatic rings. The maximum absolute atomic E-state index is 4.66. The largest absolute Gasteiger partial charge is 0.331 e. The van der Waals surface area contributed by atoms with E-state index in [9.17, 15) is 0 Å². The van der Waals surface area contributed by atoms with Crippen molar-refractivity contribution in [2.45, 2.75) is 29.7 Å². The van der Waals surface area contributed by atoms with E-state index in [1.807, 2.05) is 0 Å². The van der Waals surface area contributed by atoms with Crippen molar-refractivity contribution in [3.05, 3.63) is 325 Å². The molecule has 18 rings (SSSR count). The Morgan fingerprint density at radius 3 is 1.63 bits per heavy atom. The third kappa shape index (κ3) is 5.46. The van der Waals surface area contributed by atoms with Crippen LogP contribution in [-0.4, -0.2) is 8.97 Å². The highest BCUT2D eigenvalue weighted by Gasteiger charge is 2.52. The molecule has 3 atom stereocenters. The summed E-state index contributed by atoms with van der Waals surface area (Å²) >= 11 is 0. The molecular weight excluding hydrogens is 989 g/mol. The van der Waals surface area contributed by atoms with Crippen molar-refractivity contribution in [3.63, 3.8) is 0 Å². The number of fused-ring (bicyclic) bond motifs is 20. The van der Waals surface area contributed by atoms with Gasteiger partial charge in [0.1, 0.15) is 0 Å². The third-order valence-electron chi connectivity index (χ3n) is 19.7. The summed E-state index contributed by atoms with van der Waals surface area (Å²) in [7, 11) is 0. The number of nitrogens with zero attached hydrogens (tertiary/aromatic N) is 2. The second-order valence-electron chi connectivity index (χ2n) is 23.2. The van der Waals surface area contributed by atoms with Crippen molar-refractivity contribution >= 4 is 65.5 Å². The van der Waals surface area contributed by atoms with Crippen LogP contribution in [0.15, 0.2) is 280 Å². The minimum Gasteiger partial charge on any atom is -0.331 e. The molecule has 0 bridgehead atoms. The van der Waals surface area contributed by atoms with E-state index >= 15 is 0 Å². The maximum atomic E-state index is 4.66. The van der Waals surface area contributed by atoms with Crippen LogP contribution in [0.4, 0.5) is 0 Å². The van der Waals surface area contributed by atoms with Crippen LogP contribution in [0.2, 0.25) is 0 Å². The number of aromatic nitrogens is 2. The van der Waals surface area contributed by atoms with Gasteiger partial charge >= 0.3 is 0 Å². The lowest BCUT2D eigenvalue weighted by Gasteiger charge is -2.39. The Morgan fingerprint density at radius 1 is 0.451 bits per heavy atom. The van der Waals surface area contributed by atoms with E-state index in [1.54, 1.807) is 0 Å². The molecule has 0 saturated carbocycles. The zero-order chi connectivity index (χ0) is 54.0. The number of para-hydroxylation sites is 1. The Kier molecular flexibility index (Phi) is 9.37. The Morgan fingerprint density at radius 2 is 0.976 bits per heavy atom. The standard InChI is InChI=1S/C80H54N2/c1-3-28-51(4-2)79(52-33-14-7-15-34-52)61-43-24-20-41-57(61)69-63(79)47-59-55-39-22-26-45-65(55)81-75(59)73(69)71-67(49-29-10-5-11-30-49)78-72(68(77(71)81)50-31-12-6-13-32-50)74-70-58-42-21-25-44-62(58)80(53-35-16-8-17-36-53,54-37-18-9-19-38-54)64(70)48-60-56-40-23-27-46-66(56)82(78)76(60)74/h3-27,29-45,47-48,51,66H,1-2,28,46H2. The topological polar surface area (TPSA) is 9.34 Å². The third-order valence-corrected chi connectivity index (χ3v) is 19.7. The fourth-order valence-electron chi connectivity index (χ4n) is 16.9. The van der Waals surface area contributed by atoms with Crippen molar-refractivity contribution < 1.29 is 0 Å². The van der Waals surface area contributed by atoms with Gasteiger partial charge in [-0.3, -0.25) is 0 Å². The Balaban J connectivity index is 1.16. The fraction of sp³-hybridized carbons (Fsp3) is 0.0750. The van der Waals surface area contributed by atoms with E-state index in [4.69, 9.17) is 0 Å². The number of benzene rings is 11. The molecule has 3 aromatic heterocycles. The summed E-state index contributed by atoms with van der Waals surface area (Å²) in [4.78, 5) is 0. The highest BCUT2D eigenvalue weighted by Crippen LogP contribution is 2.67. The lowest BCUT2D eigenvalue weighted by molar-refractivity contribution is 0.462. The fourth-order valence-corrected chi connectivity index (χ4v) is 16.9. The molecule has 0 fully saturated rings. The van der Waals surface area contributed by atoms with E-state index in [0.29, 0.717) is 0 Å². The highest BCUT2D eigenvalue weighted by molar-refractivity contribution is 6.40. The van der Waals surface area contributed by atoms with Crippen molar-refractivity contribution in [1.29, 1.82) is 0 Å². The van der Waals surface area contributed by atoms with Gasteiger partial charge in [-0.25, -0.2) is 0 Å². The number of hydrogen-bond acceptors (Lipinski definition) is 0. The van der Waals surface area contributed by atoms with Gasteiger partial charge in [-0.15, -0.1) is 13.2 Å². The summed E-state index contributed by atoms with van der Waals surface area (Å²) < 4.78 is 5.55. The monoisotopic (exact) mass is 1040 g/mol. The van der Waals surface area contributed by atoms with Gasteiger partial charge in [-0.05, 0) is 115 Å². The predicted octanol–water partition coefficient (Wildman–Crippen LogP) is 20.2. The lowest BCUT2D eigenvalue weighted by Crippen LogP contribution is -2.35. The summed E-state index contributed by atoms with van der Waals surface area (Å²) in [5.74, 6) is 0.00751. The summed E-state index contributed by atoms with van der Waals surface area (Å²) in [6, 6.07) is 90.2. The molecule has 4 heterocycles. The van der Waals surface area contributed by atoms with Crippen molar-refractivity contribution in [1.82, 2.24) is 8.97 Å². The highest BCUT2D eigenvalue weighted by atomic mass is 15.1. The molecule has 3 aliphatic carbocycles. The molecule has 4 aliphatic rings. The first-order valence-electron chi connectivity index (χ1n) is 29.1. The molecule has 0 radical (unpaired) electrons. The summed E-state index contributed by atoms with van der Waals surface area (Å²) in [5.41, 5.74) is 27.2. The Hall–Kier alpha value is -10.0. The molecule has 384 valence electrons. The van der Waals surface area contributed by atoms with Gasteiger partial charge in [0.2, 0.25) is 0 Å². The quantitative estimate of drug-likeness (QED) is 0.127. The molecule has 0 spiro atoms. The van der Waals surface area contributed by atoms with Gasteiger partial charge in [0.15, 0.2) is 0 Å². The van der Waals surface area contributed by atoms with Crippen LogP contribution in [0.3, 0.4) is 0 Å². The van der Waals surface area contributed by atoms with Crippen molar-refractivity contribution in [3.8, 4) is 44.5 Å². The molecule has 1 aliphatic heterocycles. The first-order chi connectivity index (χ1) is 40.7. The van der Waals surface area contributed by atoms with E-state index in [0.717, 1.165) is 12.8 Å². The van der Waals surface area contributed by atoms with Gasteiger partial charge < -0.3 is 8.97 Å². The molecule has 82 heavy (non-hydrogen) atoms. The SMILES string of the molecule is C=CCC(C=C)C1(c2ccccc2)c2ccccc2-c2c1cc1c3ccccc3n3c4c(-c5ccccc5)c5c6c7c(cc8c6n(c5c(-c5ccccc5)c4c2c13)C1CC=CC=C81)C(c1ccccc1)(c1ccccc1)c1ccccc1-7. The van der Waals surface area contributed by atoms with E-state index in [-0.39, 0.29) is 12.0 Å². The zero-order valence-electron chi connectivity index (χ0n) is 45.3. The maximum Gasteiger partial charge on any atom is 0.0714 e. The number of allylic oxidation sites excluding steroid dienone is 6. The van der Waals surface area contributed by atoms with E-state index in [2.05, 4.69) is 289 Å². The second-order valence-corrected chi connectivity index (χ2v) is 23.2. The van der Waals surface area contributed by atoms with E-state index < -0.39 is 10.8 Å². The van der Waals surface area contributed by atoms with Gasteiger partial charge in [0.05, 0.1) is 44.5 Å². The smallest absolute Gasteiger partial charge is 0.0714 e. The first kappa shape index (κ1) is 45.8. The average molecular weight is 1040 g/mol. The predicted molar refractivity (Wildman–Crippen MR) is 343 cm³/mol. The Labute approximate surface area is 476 Å². The van der Waals surface area contributed by atoms with Gasteiger partial charge in [-0.2, -0.15) is 0 Å². The van der Waals surface area contributed by atoms with Crippen molar-refractivity contribution in [2.75, 3.05) is 0 Å². The second kappa shape index (κ2) is 16.8. The van der Waals surface area contributed by atoms with Gasteiger partial charge in [0, 0.05) is 49.0 Å². The number of rotatable bonds is 9. The molecule has 0 N–H and O–H groups in total. The van der Waals surface area contributed by atoms with Gasteiger partial charge in [0.25, 0.3) is 0 Å². The van der Waals surface area contributed by atoms with Crippen LogP contribution >= 0.6 is 0 Å². The molecule has 2 heteroatoms. The minimum atomic E-state index is -0.601. The Bertz CT molecular complexity index is 5070. The summed E-state index contributed by atoms with van der Waals surface area (Å²) in [6.45, 7) is 9.06. The molecule has 0 saturated heterocycles. The van der Waals surface area contributed by atoms with Crippen LogP contribution in [0, 0.1) is 5.92 Å². The molecule has 0 amide bonds. The van der Waals surface area contributed by atoms with Gasteiger partial charge in [-0.1, -0.05) is 249 Å². The zero-order valence-corrected chi connectivity index (χ0v) is 45.3. The van der Waals surface area contributed by atoms with Crippen LogP contribution in [-0.2, 0) is 10.8 Å². The first-order valence-corrected chi connectivity index (χ1v) is 29.1. The summed E-state index contributed by atoms with van der Waals surface area (Å²) in [6.07, 6.45) is 13.1.